The normalized spacial score (nSPS) is 35.5. The number of fused-ring (bicyclic) bond motifs is 1. The molecule has 4 nitrogen and oxygen atoms in total. The van der Waals surface area contributed by atoms with E-state index in [9.17, 15) is 9.59 Å². The Morgan fingerprint density at radius 1 is 1.40 bits per heavy atom. The van der Waals surface area contributed by atoms with Crippen molar-refractivity contribution in [2.45, 2.75) is 44.6 Å². The van der Waals surface area contributed by atoms with Gasteiger partial charge < -0.3 is 10.4 Å². The number of carbonyl (C=O) groups is 2. The third-order valence-electron chi connectivity index (χ3n) is 3.63. The molecule has 1 saturated carbocycles. The standard InChI is InChI=1S/C11H17NO3/c13-9-5-7-3-1-2-4-8(6-10(14)15)11(7)12-9/h7-8,11H,1-6H2,(H,12,13)(H,14,15). The van der Waals surface area contributed by atoms with Gasteiger partial charge in [0, 0.05) is 12.5 Å². The molecule has 84 valence electrons. The lowest BCUT2D eigenvalue weighted by Crippen LogP contribution is -2.36. The molecular formula is C11H17NO3. The second kappa shape index (κ2) is 4.21. The highest BCUT2D eigenvalue weighted by Gasteiger charge is 2.39. The van der Waals surface area contributed by atoms with E-state index >= 15 is 0 Å². The maximum absolute atomic E-state index is 11.3. The number of amides is 1. The first-order valence-corrected chi connectivity index (χ1v) is 5.68. The number of rotatable bonds is 2. The summed E-state index contributed by atoms with van der Waals surface area (Å²) >= 11 is 0. The molecule has 0 aromatic heterocycles. The van der Waals surface area contributed by atoms with Crippen LogP contribution in [0.3, 0.4) is 0 Å². The molecule has 0 aromatic rings. The lowest BCUT2D eigenvalue weighted by Gasteiger charge is -2.23. The maximum atomic E-state index is 11.3. The molecule has 1 aliphatic heterocycles. The summed E-state index contributed by atoms with van der Waals surface area (Å²) in [4.78, 5) is 22.0. The summed E-state index contributed by atoms with van der Waals surface area (Å²) in [7, 11) is 0. The summed E-state index contributed by atoms with van der Waals surface area (Å²) in [5, 5.41) is 11.8. The molecule has 0 radical (unpaired) electrons. The van der Waals surface area contributed by atoms with Crippen molar-refractivity contribution in [1.82, 2.24) is 5.32 Å². The fourth-order valence-electron chi connectivity index (χ4n) is 2.96. The van der Waals surface area contributed by atoms with Crippen molar-refractivity contribution in [1.29, 1.82) is 0 Å². The molecule has 2 fully saturated rings. The minimum Gasteiger partial charge on any atom is -0.481 e. The van der Waals surface area contributed by atoms with Crippen molar-refractivity contribution < 1.29 is 14.7 Å². The van der Waals surface area contributed by atoms with Crippen LogP contribution in [-0.4, -0.2) is 23.0 Å². The molecule has 15 heavy (non-hydrogen) atoms. The summed E-state index contributed by atoms with van der Waals surface area (Å²) < 4.78 is 0. The molecule has 1 amide bonds. The van der Waals surface area contributed by atoms with Crippen LogP contribution in [0.1, 0.15) is 38.5 Å². The van der Waals surface area contributed by atoms with Crippen LogP contribution in [0.4, 0.5) is 0 Å². The highest BCUT2D eigenvalue weighted by molar-refractivity contribution is 5.79. The molecule has 1 heterocycles. The molecule has 1 aliphatic carbocycles. The van der Waals surface area contributed by atoms with Gasteiger partial charge >= 0.3 is 5.97 Å². The highest BCUT2D eigenvalue weighted by atomic mass is 16.4. The predicted molar refractivity (Wildman–Crippen MR) is 54.2 cm³/mol. The summed E-state index contributed by atoms with van der Waals surface area (Å²) in [5.41, 5.74) is 0. The van der Waals surface area contributed by atoms with Crippen molar-refractivity contribution >= 4 is 11.9 Å². The molecule has 4 heteroatoms. The first kappa shape index (κ1) is 10.5. The van der Waals surface area contributed by atoms with E-state index in [0.717, 1.165) is 25.7 Å². The maximum Gasteiger partial charge on any atom is 0.303 e. The van der Waals surface area contributed by atoms with Gasteiger partial charge in [-0.2, -0.15) is 0 Å². The molecule has 0 spiro atoms. The number of carbonyl (C=O) groups excluding carboxylic acids is 1. The lowest BCUT2D eigenvalue weighted by molar-refractivity contribution is -0.138. The van der Waals surface area contributed by atoms with Crippen molar-refractivity contribution in [3.63, 3.8) is 0 Å². The Labute approximate surface area is 89.0 Å². The van der Waals surface area contributed by atoms with Gasteiger partial charge in [-0.25, -0.2) is 0 Å². The number of hydrogen-bond acceptors (Lipinski definition) is 2. The number of hydrogen-bond donors (Lipinski definition) is 2. The minimum absolute atomic E-state index is 0.0993. The van der Waals surface area contributed by atoms with E-state index in [4.69, 9.17) is 5.11 Å². The summed E-state index contributed by atoms with van der Waals surface area (Å²) in [6.45, 7) is 0. The van der Waals surface area contributed by atoms with E-state index < -0.39 is 5.97 Å². The Hall–Kier alpha value is -1.06. The average Bonchev–Trinajstić information content (AvgIpc) is 2.43. The summed E-state index contributed by atoms with van der Waals surface area (Å²) in [5.74, 6) is -0.130. The van der Waals surface area contributed by atoms with Crippen molar-refractivity contribution in [3.8, 4) is 0 Å². The van der Waals surface area contributed by atoms with Gasteiger partial charge in [0.05, 0.1) is 6.42 Å². The second-order valence-corrected chi connectivity index (χ2v) is 4.70. The summed E-state index contributed by atoms with van der Waals surface area (Å²) in [6.07, 6.45) is 5.03. The molecule has 2 N–H and O–H groups in total. The molecule has 2 rings (SSSR count). The predicted octanol–water partition coefficient (Wildman–Crippen LogP) is 1.16. The zero-order valence-electron chi connectivity index (χ0n) is 8.74. The number of nitrogens with one attached hydrogen (secondary N) is 1. The first-order valence-electron chi connectivity index (χ1n) is 5.68. The van der Waals surface area contributed by atoms with E-state index in [1.165, 1.54) is 0 Å². The number of carboxylic acid groups (broad SMARTS) is 1. The van der Waals surface area contributed by atoms with Crippen molar-refractivity contribution in [2.75, 3.05) is 0 Å². The quantitative estimate of drug-likeness (QED) is 0.720. The van der Waals surface area contributed by atoms with Gasteiger partial charge in [0.1, 0.15) is 0 Å². The molecule has 3 atom stereocenters. The van der Waals surface area contributed by atoms with Gasteiger partial charge in [0.15, 0.2) is 0 Å². The van der Waals surface area contributed by atoms with Crippen molar-refractivity contribution in [3.05, 3.63) is 0 Å². The smallest absolute Gasteiger partial charge is 0.303 e. The van der Waals surface area contributed by atoms with E-state index in [2.05, 4.69) is 5.32 Å². The van der Waals surface area contributed by atoms with Gasteiger partial charge in [0.25, 0.3) is 0 Å². The topological polar surface area (TPSA) is 66.4 Å². The second-order valence-electron chi connectivity index (χ2n) is 4.70. The molecule has 0 aromatic carbocycles. The molecule has 0 bridgehead atoms. The third-order valence-corrected chi connectivity index (χ3v) is 3.63. The molecular weight excluding hydrogens is 194 g/mol. The summed E-state index contributed by atoms with van der Waals surface area (Å²) in [6, 6.07) is 0.121. The first-order chi connectivity index (χ1) is 7.16. The Kier molecular flexibility index (Phi) is 2.93. The Balaban J connectivity index is 2.07. The fourth-order valence-corrected chi connectivity index (χ4v) is 2.96. The van der Waals surface area contributed by atoms with E-state index in [-0.39, 0.29) is 24.3 Å². The Morgan fingerprint density at radius 3 is 2.87 bits per heavy atom. The zero-order valence-corrected chi connectivity index (χ0v) is 8.74. The van der Waals surface area contributed by atoms with Gasteiger partial charge in [-0.05, 0) is 24.7 Å². The zero-order chi connectivity index (χ0) is 10.8. The molecule has 3 unspecified atom stereocenters. The van der Waals surface area contributed by atoms with Crippen LogP contribution in [0.25, 0.3) is 0 Å². The van der Waals surface area contributed by atoms with Crippen LogP contribution >= 0.6 is 0 Å². The largest absolute Gasteiger partial charge is 0.481 e. The van der Waals surface area contributed by atoms with Crippen LogP contribution < -0.4 is 5.32 Å². The number of aliphatic carboxylic acids is 1. The minimum atomic E-state index is -0.748. The van der Waals surface area contributed by atoms with Gasteiger partial charge in [-0.15, -0.1) is 0 Å². The molecule has 2 aliphatic rings. The van der Waals surface area contributed by atoms with E-state index in [1.807, 2.05) is 0 Å². The fraction of sp³-hybridized carbons (Fsp3) is 0.818. The monoisotopic (exact) mass is 211 g/mol. The van der Waals surface area contributed by atoms with Crippen LogP contribution in [0, 0.1) is 11.8 Å². The third kappa shape index (κ3) is 2.30. The SMILES string of the molecule is O=C(O)CC1CCCCC2CC(=O)NC12. The Bertz CT molecular complexity index is 277. The van der Waals surface area contributed by atoms with Crippen LogP contribution in [0.15, 0.2) is 0 Å². The number of carboxylic acids is 1. The van der Waals surface area contributed by atoms with Gasteiger partial charge in [0.2, 0.25) is 5.91 Å². The molecule has 1 saturated heterocycles. The van der Waals surface area contributed by atoms with Crippen LogP contribution in [0.5, 0.6) is 0 Å². The average molecular weight is 211 g/mol. The lowest BCUT2D eigenvalue weighted by atomic mass is 9.86. The van der Waals surface area contributed by atoms with Gasteiger partial charge in [-0.3, -0.25) is 9.59 Å². The van der Waals surface area contributed by atoms with Crippen LogP contribution in [0.2, 0.25) is 0 Å². The van der Waals surface area contributed by atoms with Crippen LogP contribution in [-0.2, 0) is 9.59 Å². The van der Waals surface area contributed by atoms with E-state index in [1.54, 1.807) is 0 Å². The van der Waals surface area contributed by atoms with Gasteiger partial charge in [-0.1, -0.05) is 12.8 Å². The van der Waals surface area contributed by atoms with Crippen molar-refractivity contribution in [2.24, 2.45) is 11.8 Å². The highest BCUT2D eigenvalue weighted by Crippen LogP contribution is 2.35. The Morgan fingerprint density at radius 2 is 2.13 bits per heavy atom. The van der Waals surface area contributed by atoms with E-state index in [0.29, 0.717) is 12.3 Å².